The Morgan fingerprint density at radius 2 is 1.90 bits per heavy atom. The number of nitrogens with zero attached hydrogens (tertiary/aromatic N) is 3. The lowest BCUT2D eigenvalue weighted by Crippen LogP contribution is -2.29. The van der Waals surface area contributed by atoms with E-state index in [0.29, 0.717) is 11.6 Å². The molecule has 0 aliphatic rings. The van der Waals surface area contributed by atoms with Crippen molar-refractivity contribution in [2.24, 2.45) is 7.05 Å². The molecule has 0 spiro atoms. The van der Waals surface area contributed by atoms with E-state index in [9.17, 15) is 4.79 Å². The third kappa shape index (κ3) is 4.00. The monoisotopic (exact) mass is 483 g/mol. The number of aryl methyl sites for hydroxylation is 4. The third-order valence-electron chi connectivity index (χ3n) is 5.01. The predicted octanol–water partition coefficient (Wildman–Crippen LogP) is 5.11. The number of rotatable bonds is 5. The van der Waals surface area contributed by atoms with Crippen LogP contribution in [0.15, 0.2) is 39.2 Å². The number of benzene rings is 1. The number of fused-ring (bicyclic) bond motifs is 1. The van der Waals surface area contributed by atoms with Crippen molar-refractivity contribution in [1.29, 1.82) is 0 Å². The van der Waals surface area contributed by atoms with Crippen LogP contribution in [0.25, 0.3) is 11.0 Å². The minimum absolute atomic E-state index is 0.113. The molecule has 9 heteroatoms. The van der Waals surface area contributed by atoms with Gasteiger partial charge in [0.2, 0.25) is 0 Å². The van der Waals surface area contributed by atoms with Gasteiger partial charge in [-0.15, -0.1) is 0 Å². The number of halogens is 1. The lowest BCUT2D eigenvalue weighted by atomic mass is 10.1. The highest BCUT2D eigenvalue weighted by molar-refractivity contribution is 9.10. The maximum atomic E-state index is 12.5. The average Bonchev–Trinajstić information content (AvgIpc) is 3.31. The fourth-order valence-electron chi connectivity index (χ4n) is 3.46. The van der Waals surface area contributed by atoms with Gasteiger partial charge < -0.3 is 9.15 Å². The van der Waals surface area contributed by atoms with Crippen LogP contribution in [0.3, 0.4) is 0 Å². The number of pyridine rings is 1. The molecule has 0 bridgehead atoms. The maximum Gasteiger partial charge on any atom is 0.305 e. The molecule has 0 atom stereocenters. The lowest BCUT2D eigenvalue weighted by molar-refractivity contribution is 0.0930. The fourth-order valence-corrected chi connectivity index (χ4v) is 3.78. The molecule has 0 radical (unpaired) electrons. The number of hydrazine groups is 1. The van der Waals surface area contributed by atoms with Gasteiger partial charge in [-0.1, -0.05) is 22.0 Å². The van der Waals surface area contributed by atoms with Gasteiger partial charge in [0.25, 0.3) is 5.95 Å². The van der Waals surface area contributed by atoms with Crippen LogP contribution in [-0.2, 0) is 7.05 Å². The normalized spacial score (nSPS) is 11.0. The summed E-state index contributed by atoms with van der Waals surface area (Å²) in [6.45, 7) is 7.82. The zero-order valence-corrected chi connectivity index (χ0v) is 19.4. The van der Waals surface area contributed by atoms with E-state index in [1.54, 1.807) is 16.8 Å². The highest BCUT2D eigenvalue weighted by atomic mass is 79.9. The summed E-state index contributed by atoms with van der Waals surface area (Å²) in [5.74, 6) is 1.09. The van der Waals surface area contributed by atoms with Gasteiger partial charge >= 0.3 is 5.91 Å². The molecule has 0 saturated carbocycles. The molecule has 3 heterocycles. The Bertz CT molecular complexity index is 1310. The van der Waals surface area contributed by atoms with E-state index in [0.717, 1.165) is 37.9 Å². The lowest BCUT2D eigenvalue weighted by Gasteiger charge is -2.11. The largest absolute Gasteiger partial charge is 0.425 e. The molecule has 160 valence electrons. The van der Waals surface area contributed by atoms with Crippen LogP contribution in [0.1, 0.15) is 32.9 Å². The summed E-state index contributed by atoms with van der Waals surface area (Å²) in [7, 11) is 1.84. The first-order valence-corrected chi connectivity index (χ1v) is 10.4. The summed E-state index contributed by atoms with van der Waals surface area (Å²) in [5, 5.41) is 5.40. The summed E-state index contributed by atoms with van der Waals surface area (Å²) in [6.07, 6.45) is 0. The molecule has 0 aliphatic carbocycles. The Hall–Kier alpha value is -3.33. The number of nitrogens with one attached hydrogen (secondary N) is 2. The quantitative estimate of drug-likeness (QED) is 0.383. The number of carbonyl (C=O) groups is 1. The van der Waals surface area contributed by atoms with Crippen LogP contribution in [-0.4, -0.2) is 20.7 Å². The van der Waals surface area contributed by atoms with Gasteiger partial charge in [0.1, 0.15) is 11.6 Å². The van der Waals surface area contributed by atoms with Crippen LogP contribution in [0.5, 0.6) is 11.7 Å². The van der Waals surface area contributed by atoms with Crippen molar-refractivity contribution in [3.05, 3.63) is 62.9 Å². The van der Waals surface area contributed by atoms with Gasteiger partial charge in [0.05, 0.1) is 5.69 Å². The second-order valence-electron chi connectivity index (χ2n) is 7.35. The second-order valence-corrected chi connectivity index (χ2v) is 8.20. The highest BCUT2D eigenvalue weighted by Crippen LogP contribution is 2.34. The fraction of sp³-hybridized carbons (Fsp3) is 0.227. The van der Waals surface area contributed by atoms with Gasteiger partial charge in [-0.2, -0.15) is 5.10 Å². The Labute approximate surface area is 187 Å². The molecule has 1 amide bonds. The van der Waals surface area contributed by atoms with Crippen molar-refractivity contribution < 1.29 is 13.9 Å². The van der Waals surface area contributed by atoms with E-state index in [1.807, 2.05) is 52.9 Å². The number of amides is 1. The molecule has 0 fully saturated rings. The van der Waals surface area contributed by atoms with Crippen LogP contribution < -0.4 is 15.6 Å². The Kier molecular flexibility index (Phi) is 5.45. The molecular weight excluding hydrogens is 462 g/mol. The Morgan fingerprint density at radius 1 is 1.13 bits per heavy atom. The first-order valence-electron chi connectivity index (χ1n) is 9.65. The molecular formula is C22H22BrN5O3. The predicted molar refractivity (Wildman–Crippen MR) is 121 cm³/mol. The molecule has 31 heavy (non-hydrogen) atoms. The summed E-state index contributed by atoms with van der Waals surface area (Å²) >= 11 is 3.50. The number of carbonyl (C=O) groups excluding carboxylic acids is 1. The molecule has 4 aromatic rings. The minimum atomic E-state index is -0.446. The number of anilines is 1. The summed E-state index contributed by atoms with van der Waals surface area (Å²) in [6, 6.07) is 8.93. The first kappa shape index (κ1) is 20.9. The maximum absolute atomic E-state index is 12.5. The summed E-state index contributed by atoms with van der Waals surface area (Å²) in [5.41, 5.74) is 10.0. The van der Waals surface area contributed by atoms with Crippen LogP contribution in [0.4, 0.5) is 5.82 Å². The molecule has 1 aromatic carbocycles. The average molecular weight is 484 g/mol. The van der Waals surface area contributed by atoms with E-state index in [1.165, 1.54) is 0 Å². The van der Waals surface area contributed by atoms with Gasteiger partial charge in [0.15, 0.2) is 11.4 Å². The van der Waals surface area contributed by atoms with Gasteiger partial charge in [-0.3, -0.25) is 20.3 Å². The number of furan rings is 1. The van der Waals surface area contributed by atoms with E-state index in [4.69, 9.17) is 9.15 Å². The number of ether oxygens (including phenoxy) is 1. The second kappa shape index (κ2) is 8.07. The SMILES string of the molecule is Cc1ccc(Br)c(C)c1Oc1ccc(C(=O)NNc2cc(C)c3c(C)nn(C)c3n2)o1. The van der Waals surface area contributed by atoms with Crippen molar-refractivity contribution in [3.8, 4) is 11.7 Å². The van der Waals surface area contributed by atoms with E-state index in [2.05, 4.69) is 36.9 Å². The van der Waals surface area contributed by atoms with Gasteiger partial charge in [-0.25, -0.2) is 4.98 Å². The first-order chi connectivity index (χ1) is 14.7. The number of hydrogen-bond donors (Lipinski definition) is 2. The molecule has 0 saturated heterocycles. The smallest absolute Gasteiger partial charge is 0.305 e. The zero-order chi connectivity index (χ0) is 22.3. The topological polar surface area (TPSA) is 94.2 Å². The Morgan fingerprint density at radius 3 is 2.68 bits per heavy atom. The molecule has 8 nitrogen and oxygen atoms in total. The van der Waals surface area contributed by atoms with E-state index < -0.39 is 5.91 Å². The van der Waals surface area contributed by atoms with Crippen molar-refractivity contribution in [2.75, 3.05) is 5.43 Å². The third-order valence-corrected chi connectivity index (χ3v) is 5.87. The van der Waals surface area contributed by atoms with Gasteiger partial charge in [-0.05, 0) is 57.0 Å². The van der Waals surface area contributed by atoms with E-state index in [-0.39, 0.29) is 11.7 Å². The zero-order valence-electron chi connectivity index (χ0n) is 17.8. The van der Waals surface area contributed by atoms with Crippen LogP contribution in [0.2, 0.25) is 0 Å². The molecule has 4 rings (SSSR count). The molecule has 0 unspecified atom stereocenters. The standard InChI is InChI=1S/C22H22BrN5O3/c1-11-6-7-15(23)13(3)20(11)31-18-9-8-16(30-18)22(29)26-25-17-10-12(2)19-14(4)27-28(5)21(19)24-17/h6-10H,1-5H3,(H,24,25)(H,26,29). The van der Waals surface area contributed by atoms with Gasteiger partial charge in [0, 0.05) is 28.5 Å². The molecule has 0 aliphatic heterocycles. The van der Waals surface area contributed by atoms with E-state index >= 15 is 0 Å². The Balaban J connectivity index is 1.47. The van der Waals surface area contributed by atoms with Crippen molar-refractivity contribution in [3.63, 3.8) is 0 Å². The highest BCUT2D eigenvalue weighted by Gasteiger charge is 2.16. The summed E-state index contributed by atoms with van der Waals surface area (Å²) < 4.78 is 14.1. The minimum Gasteiger partial charge on any atom is -0.425 e. The van der Waals surface area contributed by atoms with Crippen molar-refractivity contribution in [1.82, 2.24) is 20.2 Å². The van der Waals surface area contributed by atoms with Crippen LogP contribution >= 0.6 is 15.9 Å². The number of aromatic nitrogens is 3. The molecule has 3 aromatic heterocycles. The van der Waals surface area contributed by atoms with Crippen LogP contribution in [0, 0.1) is 27.7 Å². The molecule has 2 N–H and O–H groups in total. The van der Waals surface area contributed by atoms with Crippen molar-refractivity contribution >= 4 is 38.7 Å². The number of hydrogen-bond acceptors (Lipinski definition) is 6. The summed E-state index contributed by atoms with van der Waals surface area (Å²) in [4.78, 5) is 17.0. The van der Waals surface area contributed by atoms with Crippen molar-refractivity contribution in [2.45, 2.75) is 27.7 Å².